The van der Waals surface area contributed by atoms with Crippen LogP contribution in [0, 0.1) is 0 Å². The van der Waals surface area contributed by atoms with Gasteiger partial charge in [-0.2, -0.15) is 11.8 Å². The quantitative estimate of drug-likeness (QED) is 0.493. The van der Waals surface area contributed by atoms with E-state index in [1.165, 1.54) is 24.0 Å². The molecule has 0 radical (unpaired) electrons. The molecule has 0 bridgehead atoms. The third kappa shape index (κ3) is 9.06. The molecule has 0 atom stereocenters. The fraction of sp³-hybridized carbons (Fsp3) is 1.00. The summed E-state index contributed by atoms with van der Waals surface area (Å²) >= 11 is 2.02. The van der Waals surface area contributed by atoms with Crippen molar-refractivity contribution >= 4 is 20.1 Å². The average Bonchev–Trinajstić information content (AvgIpc) is 2.11. The number of rotatable bonds is 9. The first-order valence-electron chi connectivity index (χ1n) is 5.54. The highest BCUT2D eigenvalue weighted by Crippen LogP contribution is 2.16. The summed E-state index contributed by atoms with van der Waals surface area (Å²) in [5, 5.41) is 0. The first kappa shape index (κ1) is 14.5. The molecule has 0 aromatic carbocycles. The Morgan fingerprint density at radius 1 is 1.21 bits per heavy atom. The Labute approximate surface area is 94.1 Å². The zero-order chi connectivity index (χ0) is 10.9. The summed E-state index contributed by atoms with van der Waals surface area (Å²) in [5.41, 5.74) is 5.43. The van der Waals surface area contributed by atoms with Crippen molar-refractivity contribution < 1.29 is 4.43 Å². The normalized spacial score (nSPS) is 12.0. The van der Waals surface area contributed by atoms with E-state index in [1.807, 2.05) is 11.8 Å². The van der Waals surface area contributed by atoms with Gasteiger partial charge in [-0.15, -0.1) is 0 Å². The molecule has 0 saturated carbocycles. The SMILES string of the molecule is CCO[Si](C)(C)CCCSCCCN. The maximum absolute atomic E-state index is 5.77. The van der Waals surface area contributed by atoms with E-state index in [0.29, 0.717) is 0 Å². The Balaban J connectivity index is 3.26. The van der Waals surface area contributed by atoms with E-state index in [0.717, 1.165) is 19.6 Å². The monoisotopic (exact) mass is 235 g/mol. The van der Waals surface area contributed by atoms with E-state index in [-0.39, 0.29) is 0 Å². The highest BCUT2D eigenvalue weighted by Gasteiger charge is 2.20. The second-order valence-electron chi connectivity index (χ2n) is 4.05. The predicted octanol–water partition coefficient (Wildman–Crippen LogP) is 2.70. The van der Waals surface area contributed by atoms with Crippen LogP contribution in [0.15, 0.2) is 0 Å². The maximum Gasteiger partial charge on any atom is 0.186 e. The molecular formula is C10H25NOSSi. The lowest BCUT2D eigenvalue weighted by Gasteiger charge is -2.21. The largest absolute Gasteiger partial charge is 0.418 e. The molecule has 0 aromatic heterocycles. The number of thioether (sulfide) groups is 1. The lowest BCUT2D eigenvalue weighted by molar-refractivity contribution is 0.328. The smallest absolute Gasteiger partial charge is 0.186 e. The molecule has 4 heteroatoms. The van der Waals surface area contributed by atoms with E-state index in [4.69, 9.17) is 10.2 Å². The molecule has 86 valence electrons. The number of hydrogen-bond acceptors (Lipinski definition) is 3. The van der Waals surface area contributed by atoms with Crippen molar-refractivity contribution in [2.75, 3.05) is 24.7 Å². The zero-order valence-electron chi connectivity index (χ0n) is 9.84. The van der Waals surface area contributed by atoms with Gasteiger partial charge in [-0.25, -0.2) is 0 Å². The fourth-order valence-electron chi connectivity index (χ4n) is 1.35. The van der Waals surface area contributed by atoms with Gasteiger partial charge < -0.3 is 10.2 Å². The van der Waals surface area contributed by atoms with E-state index in [1.54, 1.807) is 0 Å². The Hall–Kier alpha value is 0.487. The summed E-state index contributed by atoms with van der Waals surface area (Å²) in [7, 11) is -1.31. The van der Waals surface area contributed by atoms with Crippen LogP contribution in [-0.2, 0) is 4.43 Å². The standard InChI is InChI=1S/C10H25NOSSi/c1-4-12-14(2,3)10-6-9-13-8-5-7-11/h4-11H2,1-3H3. The van der Waals surface area contributed by atoms with Gasteiger partial charge in [-0.1, -0.05) is 0 Å². The molecule has 2 N–H and O–H groups in total. The van der Waals surface area contributed by atoms with Gasteiger partial charge in [0.05, 0.1) is 0 Å². The van der Waals surface area contributed by atoms with Gasteiger partial charge in [0.1, 0.15) is 0 Å². The van der Waals surface area contributed by atoms with Gasteiger partial charge in [0.15, 0.2) is 8.32 Å². The van der Waals surface area contributed by atoms with Crippen LogP contribution in [0.3, 0.4) is 0 Å². The van der Waals surface area contributed by atoms with Crippen LogP contribution in [0.5, 0.6) is 0 Å². The highest BCUT2D eigenvalue weighted by molar-refractivity contribution is 7.99. The second kappa shape index (κ2) is 8.77. The topological polar surface area (TPSA) is 35.2 Å². The molecule has 0 unspecified atom stereocenters. The van der Waals surface area contributed by atoms with Gasteiger partial charge in [-0.05, 0) is 57.0 Å². The van der Waals surface area contributed by atoms with E-state index in [9.17, 15) is 0 Å². The molecule has 0 aliphatic rings. The lowest BCUT2D eigenvalue weighted by atomic mass is 10.5. The summed E-state index contributed by atoms with van der Waals surface area (Å²) < 4.78 is 5.77. The fourth-order valence-corrected chi connectivity index (χ4v) is 4.48. The molecule has 14 heavy (non-hydrogen) atoms. The Morgan fingerprint density at radius 3 is 2.43 bits per heavy atom. The first-order chi connectivity index (χ1) is 6.62. The van der Waals surface area contributed by atoms with Gasteiger partial charge in [0.25, 0.3) is 0 Å². The maximum atomic E-state index is 5.77. The zero-order valence-corrected chi connectivity index (χ0v) is 11.7. The third-order valence-corrected chi connectivity index (χ3v) is 5.88. The van der Waals surface area contributed by atoms with Crippen molar-refractivity contribution in [3.8, 4) is 0 Å². The summed E-state index contributed by atoms with van der Waals surface area (Å²) in [4.78, 5) is 0. The van der Waals surface area contributed by atoms with Gasteiger partial charge >= 0.3 is 0 Å². The lowest BCUT2D eigenvalue weighted by Crippen LogP contribution is -2.30. The first-order valence-corrected chi connectivity index (χ1v) is 9.81. The van der Waals surface area contributed by atoms with Gasteiger partial charge in [0, 0.05) is 6.61 Å². The molecule has 2 nitrogen and oxygen atoms in total. The van der Waals surface area contributed by atoms with Crippen molar-refractivity contribution in [3.63, 3.8) is 0 Å². The summed E-state index contributed by atoms with van der Waals surface area (Å²) in [5.74, 6) is 2.48. The van der Waals surface area contributed by atoms with E-state index < -0.39 is 8.32 Å². The van der Waals surface area contributed by atoms with Crippen molar-refractivity contribution in [1.29, 1.82) is 0 Å². The number of hydrogen-bond donors (Lipinski definition) is 1. The molecule has 0 aliphatic heterocycles. The molecule has 0 spiro atoms. The van der Waals surface area contributed by atoms with Crippen molar-refractivity contribution in [3.05, 3.63) is 0 Å². The predicted molar refractivity (Wildman–Crippen MR) is 69.5 cm³/mol. The van der Waals surface area contributed by atoms with Gasteiger partial charge in [0.2, 0.25) is 0 Å². The van der Waals surface area contributed by atoms with Crippen molar-refractivity contribution in [1.82, 2.24) is 0 Å². The molecule has 0 aliphatic carbocycles. The minimum atomic E-state index is -1.31. The van der Waals surface area contributed by atoms with E-state index >= 15 is 0 Å². The molecule has 0 heterocycles. The molecule has 0 saturated heterocycles. The molecule has 0 amide bonds. The molecule has 0 fully saturated rings. The molecule has 0 rings (SSSR count). The average molecular weight is 235 g/mol. The van der Waals surface area contributed by atoms with Crippen LogP contribution in [0.4, 0.5) is 0 Å². The summed E-state index contributed by atoms with van der Waals surface area (Å²) in [6, 6.07) is 1.29. The van der Waals surface area contributed by atoms with Crippen molar-refractivity contribution in [2.24, 2.45) is 5.73 Å². The highest BCUT2D eigenvalue weighted by atomic mass is 32.2. The second-order valence-corrected chi connectivity index (χ2v) is 9.58. The van der Waals surface area contributed by atoms with Crippen LogP contribution < -0.4 is 5.73 Å². The van der Waals surface area contributed by atoms with Crippen molar-refractivity contribution in [2.45, 2.75) is 38.9 Å². The van der Waals surface area contributed by atoms with Crippen LogP contribution in [0.2, 0.25) is 19.1 Å². The Morgan fingerprint density at radius 2 is 1.86 bits per heavy atom. The van der Waals surface area contributed by atoms with Crippen LogP contribution in [0.1, 0.15) is 19.8 Å². The third-order valence-electron chi connectivity index (χ3n) is 2.10. The Kier molecular flexibility index (Phi) is 9.07. The van der Waals surface area contributed by atoms with Gasteiger partial charge in [-0.3, -0.25) is 0 Å². The summed E-state index contributed by atoms with van der Waals surface area (Å²) in [6.07, 6.45) is 2.45. The molecule has 0 aromatic rings. The minimum Gasteiger partial charge on any atom is -0.418 e. The Bertz CT molecular complexity index is 133. The van der Waals surface area contributed by atoms with Crippen LogP contribution >= 0.6 is 11.8 Å². The number of nitrogens with two attached hydrogens (primary N) is 1. The summed E-state index contributed by atoms with van der Waals surface area (Å²) in [6.45, 7) is 8.40. The van der Waals surface area contributed by atoms with Crippen LogP contribution in [-0.4, -0.2) is 33.0 Å². The van der Waals surface area contributed by atoms with Crippen LogP contribution in [0.25, 0.3) is 0 Å². The van der Waals surface area contributed by atoms with E-state index in [2.05, 4.69) is 20.0 Å². The minimum absolute atomic E-state index is 0.826. The molecular weight excluding hydrogens is 210 g/mol.